The summed E-state index contributed by atoms with van der Waals surface area (Å²) in [7, 11) is 0. The van der Waals surface area contributed by atoms with Crippen LogP contribution in [0.2, 0.25) is 0 Å². The largest absolute Gasteiger partial charge is 0.468 e. The lowest BCUT2D eigenvalue weighted by Gasteiger charge is -1.93. The number of rotatable bonds is 2. The zero-order chi connectivity index (χ0) is 8.36. The van der Waals surface area contributed by atoms with Crippen LogP contribution in [0, 0.1) is 0 Å². The van der Waals surface area contributed by atoms with Crippen LogP contribution in [-0.4, -0.2) is 13.1 Å². The van der Waals surface area contributed by atoms with E-state index in [4.69, 9.17) is 0 Å². The van der Waals surface area contributed by atoms with E-state index in [9.17, 15) is 4.79 Å². The molecule has 11 heavy (non-hydrogen) atoms. The van der Waals surface area contributed by atoms with Gasteiger partial charge in [0.05, 0.1) is 6.61 Å². The molecule has 4 heteroatoms. The summed E-state index contributed by atoms with van der Waals surface area (Å²) in [5, 5.41) is 1.99. The van der Waals surface area contributed by atoms with E-state index in [1.807, 2.05) is 23.8 Å². The molecule has 1 aliphatic heterocycles. The van der Waals surface area contributed by atoms with Crippen molar-refractivity contribution in [1.82, 2.24) is 4.72 Å². The molecule has 0 saturated carbocycles. The maximum Gasteiger partial charge on any atom is 0.293 e. The molecule has 0 unspecified atom stereocenters. The van der Waals surface area contributed by atoms with Crippen LogP contribution >= 0.6 is 11.9 Å². The van der Waals surface area contributed by atoms with Crippen LogP contribution in [0.5, 0.6) is 0 Å². The van der Waals surface area contributed by atoms with Gasteiger partial charge >= 0.3 is 0 Å². The number of ether oxygens (including phenoxy) is 1. The van der Waals surface area contributed by atoms with E-state index in [0.717, 1.165) is 0 Å². The number of hydrogen-bond donors (Lipinski definition) is 1. The lowest BCUT2D eigenvalue weighted by Crippen LogP contribution is -1.88. The molecule has 1 rings (SSSR count). The SMILES string of the molecule is C1=CNSC=C1.CCOC=O. The molecule has 0 fully saturated rings. The standard InChI is InChI=1S/C4H5NS.C3H6O2/c1-2-4-6-5-3-1;1-2-5-3-4/h1-5H;3H,2H2,1H3. The third-order valence-electron chi connectivity index (χ3n) is 0.725. The minimum absolute atomic E-state index is 0.431. The van der Waals surface area contributed by atoms with Crippen molar-refractivity contribution >= 4 is 18.4 Å². The predicted molar refractivity (Wildman–Crippen MR) is 46.7 cm³/mol. The molecule has 1 N–H and O–H groups in total. The summed E-state index contributed by atoms with van der Waals surface area (Å²) in [5.41, 5.74) is 0. The number of nitrogens with one attached hydrogen (secondary N) is 1. The summed E-state index contributed by atoms with van der Waals surface area (Å²) < 4.78 is 7.09. The summed E-state index contributed by atoms with van der Waals surface area (Å²) in [4.78, 5) is 9.18. The van der Waals surface area contributed by atoms with E-state index in [1.165, 1.54) is 0 Å². The van der Waals surface area contributed by atoms with Crippen LogP contribution in [0.3, 0.4) is 0 Å². The second-order valence-electron chi connectivity index (χ2n) is 1.47. The number of carbonyl (C=O) groups excluding carboxylic acids is 1. The van der Waals surface area contributed by atoms with E-state index in [1.54, 1.807) is 18.9 Å². The highest BCUT2D eigenvalue weighted by molar-refractivity contribution is 8.00. The Hall–Kier alpha value is -0.900. The minimum Gasteiger partial charge on any atom is -0.468 e. The number of hydrogen-bond acceptors (Lipinski definition) is 4. The van der Waals surface area contributed by atoms with E-state index in [-0.39, 0.29) is 0 Å². The Bertz CT molecular complexity index is 133. The first-order valence-corrected chi connectivity index (χ1v) is 4.08. The van der Waals surface area contributed by atoms with E-state index in [0.29, 0.717) is 13.1 Å². The van der Waals surface area contributed by atoms with Gasteiger partial charge in [-0.3, -0.25) is 4.79 Å². The number of allylic oxidation sites excluding steroid dienone is 2. The van der Waals surface area contributed by atoms with Gasteiger partial charge in [-0.2, -0.15) is 0 Å². The highest BCUT2D eigenvalue weighted by atomic mass is 32.2. The molecule has 0 radical (unpaired) electrons. The maximum atomic E-state index is 9.18. The normalized spacial score (nSPS) is 12.5. The Kier molecular flexibility index (Phi) is 8.36. The Morgan fingerprint density at radius 3 is 2.55 bits per heavy atom. The van der Waals surface area contributed by atoms with Crippen molar-refractivity contribution in [2.45, 2.75) is 6.92 Å². The molecule has 0 spiro atoms. The first-order chi connectivity index (χ1) is 5.41. The smallest absolute Gasteiger partial charge is 0.293 e. The molecule has 0 bridgehead atoms. The second kappa shape index (κ2) is 9.10. The molecule has 0 aliphatic carbocycles. The summed E-state index contributed by atoms with van der Waals surface area (Å²) in [6.07, 6.45) is 5.84. The lowest BCUT2D eigenvalue weighted by molar-refractivity contribution is -0.128. The monoisotopic (exact) mass is 173 g/mol. The molecular weight excluding hydrogens is 162 g/mol. The number of carbonyl (C=O) groups is 1. The van der Waals surface area contributed by atoms with Crippen LogP contribution in [0.15, 0.2) is 23.8 Å². The van der Waals surface area contributed by atoms with E-state index >= 15 is 0 Å². The van der Waals surface area contributed by atoms with Crippen LogP contribution in [0.1, 0.15) is 6.92 Å². The average Bonchev–Trinajstić information content (AvgIpc) is 2.10. The van der Waals surface area contributed by atoms with Gasteiger partial charge < -0.3 is 9.46 Å². The fourth-order valence-corrected chi connectivity index (χ4v) is 0.731. The van der Waals surface area contributed by atoms with Gasteiger partial charge in [-0.15, -0.1) is 0 Å². The Morgan fingerprint density at radius 1 is 1.64 bits per heavy atom. The predicted octanol–water partition coefficient (Wildman–Crippen LogP) is 1.44. The lowest BCUT2D eigenvalue weighted by atomic mass is 10.6. The van der Waals surface area contributed by atoms with Crippen LogP contribution in [0.4, 0.5) is 0 Å². The van der Waals surface area contributed by atoms with Crippen LogP contribution < -0.4 is 4.72 Å². The highest BCUT2D eigenvalue weighted by Crippen LogP contribution is 1.98. The Balaban J connectivity index is 0.000000187. The summed E-state index contributed by atoms with van der Waals surface area (Å²) in [6, 6.07) is 0. The molecular formula is C7H11NO2S. The molecule has 0 saturated heterocycles. The molecule has 0 aromatic carbocycles. The molecule has 62 valence electrons. The van der Waals surface area contributed by atoms with E-state index < -0.39 is 0 Å². The van der Waals surface area contributed by atoms with Gasteiger partial charge in [0, 0.05) is 6.20 Å². The summed E-state index contributed by atoms with van der Waals surface area (Å²) in [6.45, 7) is 2.66. The minimum atomic E-state index is 0.431. The molecule has 0 aromatic rings. The Labute approximate surface area is 70.6 Å². The molecule has 0 aromatic heterocycles. The molecule has 0 amide bonds. The summed E-state index contributed by atoms with van der Waals surface area (Å²) in [5.74, 6) is 0. The van der Waals surface area contributed by atoms with Crippen molar-refractivity contribution in [3.05, 3.63) is 23.8 Å². The van der Waals surface area contributed by atoms with Gasteiger partial charge in [0.25, 0.3) is 6.47 Å². The highest BCUT2D eigenvalue weighted by Gasteiger charge is 1.74. The third kappa shape index (κ3) is 9.10. The first kappa shape index (κ1) is 10.1. The summed E-state index contributed by atoms with van der Waals surface area (Å²) >= 11 is 1.58. The van der Waals surface area contributed by atoms with Crippen molar-refractivity contribution in [1.29, 1.82) is 0 Å². The molecule has 1 aliphatic rings. The van der Waals surface area contributed by atoms with Crippen molar-refractivity contribution < 1.29 is 9.53 Å². The van der Waals surface area contributed by atoms with Gasteiger partial charge in [0.1, 0.15) is 0 Å². The first-order valence-electron chi connectivity index (χ1n) is 3.20. The third-order valence-corrected chi connectivity index (χ3v) is 1.29. The quantitative estimate of drug-likeness (QED) is 0.506. The molecule has 1 heterocycles. The van der Waals surface area contributed by atoms with Crippen molar-refractivity contribution in [3.63, 3.8) is 0 Å². The second-order valence-corrected chi connectivity index (χ2v) is 2.22. The Morgan fingerprint density at radius 2 is 2.45 bits per heavy atom. The zero-order valence-electron chi connectivity index (χ0n) is 6.32. The van der Waals surface area contributed by atoms with Gasteiger partial charge in [-0.05, 0) is 30.4 Å². The van der Waals surface area contributed by atoms with Gasteiger partial charge in [-0.1, -0.05) is 6.08 Å². The van der Waals surface area contributed by atoms with Crippen molar-refractivity contribution in [2.75, 3.05) is 6.61 Å². The van der Waals surface area contributed by atoms with Crippen molar-refractivity contribution in [3.8, 4) is 0 Å². The van der Waals surface area contributed by atoms with Gasteiger partial charge in [0.2, 0.25) is 0 Å². The van der Waals surface area contributed by atoms with Crippen molar-refractivity contribution in [2.24, 2.45) is 0 Å². The topological polar surface area (TPSA) is 38.3 Å². The fourth-order valence-electron chi connectivity index (χ4n) is 0.326. The zero-order valence-corrected chi connectivity index (χ0v) is 7.14. The van der Waals surface area contributed by atoms with Crippen LogP contribution in [-0.2, 0) is 9.53 Å². The molecule has 3 nitrogen and oxygen atoms in total. The van der Waals surface area contributed by atoms with E-state index in [2.05, 4.69) is 9.46 Å². The fraction of sp³-hybridized carbons (Fsp3) is 0.286. The van der Waals surface area contributed by atoms with Gasteiger partial charge in [-0.25, -0.2) is 0 Å². The molecule has 0 atom stereocenters. The van der Waals surface area contributed by atoms with Crippen LogP contribution in [0.25, 0.3) is 0 Å². The average molecular weight is 173 g/mol. The maximum absolute atomic E-state index is 9.18. The van der Waals surface area contributed by atoms with Gasteiger partial charge in [0.15, 0.2) is 0 Å².